The first-order chi connectivity index (χ1) is 7.50. The molecule has 0 aliphatic rings. The Morgan fingerprint density at radius 1 is 1.06 bits per heavy atom. The van der Waals surface area contributed by atoms with Crippen LogP contribution in [0.25, 0.3) is 0 Å². The predicted molar refractivity (Wildman–Crippen MR) is 62.8 cm³/mol. The van der Waals surface area contributed by atoms with E-state index in [9.17, 15) is 4.79 Å². The molecule has 0 heterocycles. The zero-order valence-electron chi connectivity index (χ0n) is 10.9. The van der Waals surface area contributed by atoms with Crippen LogP contribution in [0.4, 0.5) is 0 Å². The Labute approximate surface area is 115 Å². The van der Waals surface area contributed by atoms with E-state index in [1.54, 1.807) is 18.2 Å². The Morgan fingerprint density at radius 2 is 1.65 bits per heavy atom. The molecule has 0 radical (unpaired) electrons. The van der Waals surface area contributed by atoms with Crippen molar-refractivity contribution in [1.82, 2.24) is 0 Å². The van der Waals surface area contributed by atoms with Crippen molar-refractivity contribution in [3.63, 3.8) is 0 Å². The third-order valence-corrected chi connectivity index (χ3v) is 1.81. The van der Waals surface area contributed by atoms with Crippen LogP contribution in [0.5, 0.6) is 5.75 Å². The molecule has 0 N–H and O–H groups in total. The third kappa shape index (κ3) is 5.31. The van der Waals surface area contributed by atoms with Crippen molar-refractivity contribution in [3.8, 4) is 5.75 Å². The van der Waals surface area contributed by atoms with E-state index in [4.69, 9.17) is 9.47 Å². The summed E-state index contributed by atoms with van der Waals surface area (Å²) in [5.74, 6) is 0.231. The van der Waals surface area contributed by atoms with Gasteiger partial charge in [-0.15, -0.1) is 0 Å². The second-order valence-corrected chi connectivity index (χ2v) is 4.12. The van der Waals surface area contributed by atoms with Gasteiger partial charge in [-0.3, -0.25) is 0 Å². The normalized spacial score (nSPS) is 10.0. The number of para-hydroxylation sites is 1. The quantitative estimate of drug-likeness (QED) is 0.631. The van der Waals surface area contributed by atoms with Gasteiger partial charge in [0.25, 0.3) is 0 Å². The van der Waals surface area contributed by atoms with Crippen LogP contribution in [0.1, 0.15) is 38.1 Å². The molecule has 4 heteroatoms. The number of benzene rings is 1. The molecule has 3 nitrogen and oxygen atoms in total. The van der Waals surface area contributed by atoms with Gasteiger partial charge in [-0.25, -0.2) is 4.79 Å². The first kappa shape index (κ1) is 16.1. The Morgan fingerprint density at radius 3 is 2.18 bits per heavy atom. The Kier molecular flexibility index (Phi) is 7.05. The van der Waals surface area contributed by atoms with E-state index in [-0.39, 0.29) is 37.7 Å². The Bertz CT molecular complexity index is 361. The van der Waals surface area contributed by atoms with E-state index in [1.807, 2.05) is 33.8 Å². The minimum absolute atomic E-state index is 0. The zero-order chi connectivity index (χ0) is 12.1. The van der Waals surface area contributed by atoms with Crippen molar-refractivity contribution in [2.45, 2.75) is 39.9 Å². The van der Waals surface area contributed by atoms with E-state index in [2.05, 4.69) is 0 Å². The van der Waals surface area contributed by atoms with Crippen molar-refractivity contribution in [3.05, 3.63) is 29.8 Å². The van der Waals surface area contributed by atoms with Crippen LogP contribution in [0.3, 0.4) is 0 Å². The third-order valence-electron chi connectivity index (χ3n) is 1.81. The van der Waals surface area contributed by atoms with Gasteiger partial charge in [0, 0.05) is 19.5 Å². The molecule has 1 aromatic rings. The molecular formula is C13H18O3Zn. The molecule has 0 aliphatic heterocycles. The summed E-state index contributed by atoms with van der Waals surface area (Å²) < 4.78 is 10.7. The fourth-order valence-electron chi connectivity index (χ4n) is 1.27. The molecule has 0 saturated heterocycles. The van der Waals surface area contributed by atoms with E-state index < -0.39 is 0 Å². The van der Waals surface area contributed by atoms with Crippen molar-refractivity contribution in [1.29, 1.82) is 0 Å². The summed E-state index contributed by atoms with van der Waals surface area (Å²) in [4.78, 5) is 11.8. The minimum Gasteiger partial charge on any atom is -0.490 e. The summed E-state index contributed by atoms with van der Waals surface area (Å²) >= 11 is 0. The fourth-order valence-corrected chi connectivity index (χ4v) is 1.27. The number of carbonyl (C=O) groups is 1. The van der Waals surface area contributed by atoms with E-state index in [0.29, 0.717) is 11.3 Å². The minimum atomic E-state index is -0.341. The van der Waals surface area contributed by atoms with Gasteiger partial charge in [0.15, 0.2) is 0 Å². The van der Waals surface area contributed by atoms with Crippen LogP contribution >= 0.6 is 0 Å². The average molecular weight is 288 g/mol. The molecule has 0 fully saturated rings. The number of carbonyl (C=O) groups excluding carboxylic acids is 1. The van der Waals surface area contributed by atoms with Crippen molar-refractivity contribution in [2.75, 3.05) is 0 Å². The number of hydrogen-bond donors (Lipinski definition) is 0. The molecular weight excluding hydrogens is 270 g/mol. The van der Waals surface area contributed by atoms with E-state index >= 15 is 0 Å². The summed E-state index contributed by atoms with van der Waals surface area (Å²) in [6.07, 6.45) is -0.0902. The molecule has 1 aromatic carbocycles. The van der Waals surface area contributed by atoms with Gasteiger partial charge in [-0.1, -0.05) is 12.1 Å². The first-order valence-electron chi connectivity index (χ1n) is 5.47. The van der Waals surface area contributed by atoms with Crippen LogP contribution < -0.4 is 4.74 Å². The van der Waals surface area contributed by atoms with E-state index in [0.717, 1.165) is 0 Å². The zero-order valence-corrected chi connectivity index (χ0v) is 13.9. The number of hydrogen-bond acceptors (Lipinski definition) is 3. The van der Waals surface area contributed by atoms with Gasteiger partial charge in [-0.2, -0.15) is 0 Å². The maximum atomic E-state index is 11.8. The SMILES string of the molecule is CC(C)OC(=O)c1ccccc1OC(C)C.[Zn]. The molecule has 0 unspecified atom stereocenters. The molecule has 0 aromatic heterocycles. The molecule has 90 valence electrons. The van der Waals surface area contributed by atoms with Crippen molar-refractivity contribution < 1.29 is 33.7 Å². The van der Waals surface area contributed by atoms with Crippen LogP contribution in [-0.2, 0) is 24.2 Å². The van der Waals surface area contributed by atoms with Crippen LogP contribution in [-0.4, -0.2) is 18.2 Å². The fraction of sp³-hybridized carbons (Fsp3) is 0.462. The van der Waals surface area contributed by atoms with Gasteiger partial charge in [0.2, 0.25) is 0 Å². The Hall–Kier alpha value is -0.887. The summed E-state index contributed by atoms with van der Waals surface area (Å²) in [6.45, 7) is 7.49. The average Bonchev–Trinajstić information content (AvgIpc) is 2.16. The first-order valence-corrected chi connectivity index (χ1v) is 5.47. The second kappa shape index (κ2) is 7.44. The van der Waals surface area contributed by atoms with Crippen LogP contribution in [0, 0.1) is 0 Å². The molecule has 0 bridgehead atoms. The van der Waals surface area contributed by atoms with Gasteiger partial charge in [-0.05, 0) is 39.8 Å². The molecule has 0 spiro atoms. The molecule has 17 heavy (non-hydrogen) atoms. The monoisotopic (exact) mass is 286 g/mol. The standard InChI is InChI=1S/C13H18O3.Zn/c1-9(2)15-12-8-6-5-7-11(12)13(14)16-10(3)4;/h5-10H,1-4H3;. The Balaban J connectivity index is 0.00000256. The summed E-state index contributed by atoms with van der Waals surface area (Å²) in [7, 11) is 0. The summed E-state index contributed by atoms with van der Waals surface area (Å²) in [5.41, 5.74) is 0.477. The summed E-state index contributed by atoms with van der Waals surface area (Å²) in [5, 5.41) is 0. The maximum Gasteiger partial charge on any atom is 0.342 e. The van der Waals surface area contributed by atoms with Gasteiger partial charge in [0.05, 0.1) is 12.2 Å². The van der Waals surface area contributed by atoms with Crippen molar-refractivity contribution >= 4 is 5.97 Å². The molecule has 0 atom stereocenters. The predicted octanol–water partition coefficient (Wildman–Crippen LogP) is 3.04. The number of rotatable bonds is 4. The van der Waals surface area contributed by atoms with Gasteiger partial charge in [0.1, 0.15) is 11.3 Å². The second-order valence-electron chi connectivity index (χ2n) is 4.12. The largest absolute Gasteiger partial charge is 0.490 e. The van der Waals surface area contributed by atoms with Gasteiger partial charge < -0.3 is 9.47 Å². The van der Waals surface area contributed by atoms with E-state index in [1.165, 1.54) is 0 Å². The number of ether oxygens (including phenoxy) is 2. The topological polar surface area (TPSA) is 35.5 Å². The molecule has 1 rings (SSSR count). The summed E-state index contributed by atoms with van der Waals surface area (Å²) in [6, 6.07) is 7.12. The maximum absolute atomic E-state index is 11.8. The molecule has 0 amide bonds. The van der Waals surface area contributed by atoms with Crippen LogP contribution in [0.15, 0.2) is 24.3 Å². The molecule has 0 saturated carbocycles. The van der Waals surface area contributed by atoms with Gasteiger partial charge >= 0.3 is 5.97 Å². The van der Waals surface area contributed by atoms with Crippen molar-refractivity contribution in [2.24, 2.45) is 0 Å². The smallest absolute Gasteiger partial charge is 0.342 e. The molecule has 0 aliphatic carbocycles. The number of esters is 1. The van der Waals surface area contributed by atoms with Crippen LogP contribution in [0.2, 0.25) is 0 Å².